The lowest BCUT2D eigenvalue weighted by molar-refractivity contribution is 0.122. The normalized spacial score (nSPS) is 16.3. The van der Waals surface area contributed by atoms with Crippen molar-refractivity contribution in [3.63, 3.8) is 0 Å². The van der Waals surface area contributed by atoms with Gasteiger partial charge in [0.25, 0.3) is 0 Å². The summed E-state index contributed by atoms with van der Waals surface area (Å²) in [5.41, 5.74) is 5.96. The molecule has 0 amide bonds. The van der Waals surface area contributed by atoms with E-state index >= 15 is 0 Å². The number of anilines is 3. The summed E-state index contributed by atoms with van der Waals surface area (Å²) in [4.78, 5) is 14.9. The van der Waals surface area contributed by atoms with Crippen LogP contribution in [0, 0.1) is 11.3 Å². The SMILES string of the molecule is CC(C)C(C)(C)CNc1nc(N)nc(N2CCOCC2)n1. The third kappa shape index (κ3) is 4.17. The third-order valence-electron chi connectivity index (χ3n) is 4.20. The van der Waals surface area contributed by atoms with Crippen molar-refractivity contribution in [3.05, 3.63) is 0 Å². The number of ether oxygens (including phenoxy) is 1. The van der Waals surface area contributed by atoms with Gasteiger partial charge in [-0.05, 0) is 11.3 Å². The van der Waals surface area contributed by atoms with Crippen molar-refractivity contribution in [1.29, 1.82) is 0 Å². The molecule has 2 heterocycles. The quantitative estimate of drug-likeness (QED) is 0.848. The minimum atomic E-state index is 0.153. The number of aromatic nitrogens is 3. The van der Waals surface area contributed by atoms with E-state index in [4.69, 9.17) is 10.5 Å². The van der Waals surface area contributed by atoms with Crippen molar-refractivity contribution in [1.82, 2.24) is 15.0 Å². The maximum atomic E-state index is 5.81. The molecule has 118 valence electrons. The molecule has 2 rings (SSSR count). The van der Waals surface area contributed by atoms with E-state index in [2.05, 4.69) is 52.9 Å². The Morgan fingerprint density at radius 3 is 2.52 bits per heavy atom. The first-order chi connectivity index (χ1) is 9.88. The summed E-state index contributed by atoms with van der Waals surface area (Å²) in [5, 5.41) is 3.29. The number of rotatable bonds is 5. The molecule has 0 atom stereocenters. The molecule has 0 saturated carbocycles. The Bertz CT molecular complexity index is 471. The van der Waals surface area contributed by atoms with Gasteiger partial charge in [-0.1, -0.05) is 27.7 Å². The molecule has 21 heavy (non-hydrogen) atoms. The summed E-state index contributed by atoms with van der Waals surface area (Å²) in [6, 6.07) is 0. The van der Waals surface area contributed by atoms with Gasteiger partial charge in [-0.3, -0.25) is 0 Å². The highest BCUT2D eigenvalue weighted by Gasteiger charge is 2.23. The van der Waals surface area contributed by atoms with Crippen LogP contribution < -0.4 is 16.0 Å². The van der Waals surface area contributed by atoms with Gasteiger partial charge in [0.05, 0.1) is 13.2 Å². The van der Waals surface area contributed by atoms with Gasteiger partial charge in [0.2, 0.25) is 17.8 Å². The van der Waals surface area contributed by atoms with Crippen LogP contribution in [-0.2, 0) is 4.74 Å². The van der Waals surface area contributed by atoms with Crippen LogP contribution in [0.2, 0.25) is 0 Å². The number of hydrogen-bond acceptors (Lipinski definition) is 7. The van der Waals surface area contributed by atoms with Crippen molar-refractivity contribution in [2.75, 3.05) is 48.8 Å². The molecule has 0 spiro atoms. The fourth-order valence-corrected chi connectivity index (χ4v) is 1.88. The Hall–Kier alpha value is -1.63. The Morgan fingerprint density at radius 1 is 1.24 bits per heavy atom. The predicted molar refractivity (Wildman–Crippen MR) is 84.4 cm³/mol. The van der Waals surface area contributed by atoms with Gasteiger partial charge in [-0.2, -0.15) is 15.0 Å². The second kappa shape index (κ2) is 6.43. The highest BCUT2D eigenvalue weighted by molar-refractivity contribution is 5.42. The Kier molecular flexibility index (Phi) is 4.82. The molecular formula is C14H26N6O. The van der Waals surface area contributed by atoms with E-state index in [1.807, 2.05) is 0 Å². The number of hydrogen-bond donors (Lipinski definition) is 2. The van der Waals surface area contributed by atoms with Gasteiger partial charge < -0.3 is 20.7 Å². The summed E-state index contributed by atoms with van der Waals surface area (Å²) in [7, 11) is 0. The topological polar surface area (TPSA) is 89.2 Å². The molecule has 3 N–H and O–H groups in total. The largest absolute Gasteiger partial charge is 0.378 e. The maximum absolute atomic E-state index is 5.81. The maximum Gasteiger partial charge on any atom is 0.232 e. The zero-order valence-corrected chi connectivity index (χ0v) is 13.4. The van der Waals surface area contributed by atoms with Crippen LogP contribution in [0.15, 0.2) is 0 Å². The zero-order chi connectivity index (χ0) is 15.5. The van der Waals surface area contributed by atoms with Crippen LogP contribution >= 0.6 is 0 Å². The minimum Gasteiger partial charge on any atom is -0.378 e. The van der Waals surface area contributed by atoms with Gasteiger partial charge in [0.1, 0.15) is 0 Å². The molecule has 7 heteroatoms. The second-order valence-corrected chi connectivity index (χ2v) is 6.41. The summed E-state index contributed by atoms with van der Waals surface area (Å²) in [6.07, 6.45) is 0. The first kappa shape index (κ1) is 15.8. The van der Waals surface area contributed by atoms with Gasteiger partial charge >= 0.3 is 0 Å². The van der Waals surface area contributed by atoms with Crippen LogP contribution in [0.1, 0.15) is 27.7 Å². The third-order valence-corrected chi connectivity index (χ3v) is 4.20. The van der Waals surface area contributed by atoms with Crippen molar-refractivity contribution in [3.8, 4) is 0 Å². The molecular weight excluding hydrogens is 268 g/mol. The molecule has 1 fully saturated rings. The van der Waals surface area contributed by atoms with Crippen LogP contribution in [0.5, 0.6) is 0 Å². The molecule has 1 aliphatic heterocycles. The number of nitrogens with two attached hydrogens (primary N) is 1. The summed E-state index contributed by atoms with van der Waals surface area (Å²) in [6.45, 7) is 12.6. The fraction of sp³-hybridized carbons (Fsp3) is 0.786. The summed E-state index contributed by atoms with van der Waals surface area (Å²) < 4.78 is 5.34. The van der Waals surface area contributed by atoms with E-state index in [0.29, 0.717) is 31.0 Å². The van der Waals surface area contributed by atoms with Crippen LogP contribution in [0.25, 0.3) is 0 Å². The molecule has 0 aromatic carbocycles. The average molecular weight is 294 g/mol. The van der Waals surface area contributed by atoms with Gasteiger partial charge in [0.15, 0.2) is 0 Å². The minimum absolute atomic E-state index is 0.153. The van der Waals surface area contributed by atoms with E-state index in [1.54, 1.807) is 0 Å². The zero-order valence-electron chi connectivity index (χ0n) is 13.4. The molecule has 0 aliphatic carbocycles. The second-order valence-electron chi connectivity index (χ2n) is 6.41. The Balaban J connectivity index is 2.08. The van der Waals surface area contributed by atoms with Crippen molar-refractivity contribution in [2.24, 2.45) is 11.3 Å². The van der Waals surface area contributed by atoms with E-state index in [0.717, 1.165) is 19.6 Å². The molecule has 1 saturated heterocycles. The highest BCUT2D eigenvalue weighted by atomic mass is 16.5. The molecule has 0 radical (unpaired) electrons. The first-order valence-corrected chi connectivity index (χ1v) is 7.46. The smallest absolute Gasteiger partial charge is 0.232 e. The first-order valence-electron chi connectivity index (χ1n) is 7.46. The van der Waals surface area contributed by atoms with E-state index in [9.17, 15) is 0 Å². The Morgan fingerprint density at radius 2 is 1.90 bits per heavy atom. The van der Waals surface area contributed by atoms with Crippen molar-refractivity contribution >= 4 is 17.8 Å². The standard InChI is InChI=1S/C14H26N6O/c1-10(2)14(3,4)9-16-12-17-11(15)18-13(19-12)20-5-7-21-8-6-20/h10H,5-9H2,1-4H3,(H3,15,16,17,18,19). The number of morpholine rings is 1. The fourth-order valence-electron chi connectivity index (χ4n) is 1.88. The lowest BCUT2D eigenvalue weighted by Crippen LogP contribution is -2.37. The molecule has 1 aromatic rings. The van der Waals surface area contributed by atoms with E-state index in [1.165, 1.54) is 0 Å². The van der Waals surface area contributed by atoms with Gasteiger partial charge in [0, 0.05) is 19.6 Å². The van der Waals surface area contributed by atoms with Gasteiger partial charge in [-0.15, -0.1) is 0 Å². The van der Waals surface area contributed by atoms with Crippen molar-refractivity contribution < 1.29 is 4.74 Å². The number of nitrogens with one attached hydrogen (secondary N) is 1. The van der Waals surface area contributed by atoms with E-state index < -0.39 is 0 Å². The van der Waals surface area contributed by atoms with Crippen LogP contribution in [-0.4, -0.2) is 47.8 Å². The molecule has 1 aliphatic rings. The molecule has 0 bridgehead atoms. The number of nitrogens with zero attached hydrogens (tertiary/aromatic N) is 4. The lowest BCUT2D eigenvalue weighted by Gasteiger charge is -2.30. The van der Waals surface area contributed by atoms with Crippen molar-refractivity contribution in [2.45, 2.75) is 27.7 Å². The van der Waals surface area contributed by atoms with E-state index in [-0.39, 0.29) is 11.4 Å². The summed E-state index contributed by atoms with van der Waals surface area (Å²) in [5.74, 6) is 1.97. The van der Waals surface area contributed by atoms with Crippen LogP contribution in [0.4, 0.5) is 17.8 Å². The lowest BCUT2D eigenvalue weighted by atomic mass is 9.81. The molecule has 7 nitrogen and oxygen atoms in total. The highest BCUT2D eigenvalue weighted by Crippen LogP contribution is 2.26. The monoisotopic (exact) mass is 294 g/mol. The van der Waals surface area contributed by atoms with Gasteiger partial charge in [-0.25, -0.2) is 0 Å². The van der Waals surface area contributed by atoms with Crippen LogP contribution in [0.3, 0.4) is 0 Å². The molecule has 1 aromatic heterocycles. The Labute approximate surface area is 126 Å². The predicted octanol–water partition coefficient (Wildman–Crippen LogP) is 1.38. The average Bonchev–Trinajstić information content (AvgIpc) is 2.45. The molecule has 0 unspecified atom stereocenters. The number of nitrogen functional groups attached to an aromatic ring is 1. The summed E-state index contributed by atoms with van der Waals surface area (Å²) >= 11 is 0.